The number of carbonyl (C=O) groups is 2. The normalized spacial score (nSPS) is 10.9. The van der Waals surface area contributed by atoms with Gasteiger partial charge in [-0.1, -0.05) is 18.2 Å². The van der Waals surface area contributed by atoms with Crippen molar-refractivity contribution in [2.75, 3.05) is 0 Å². The monoisotopic (exact) mass is 376 g/mol. The molecule has 0 saturated heterocycles. The van der Waals surface area contributed by atoms with Gasteiger partial charge in [-0.3, -0.25) is 25.2 Å². The second-order valence-corrected chi connectivity index (χ2v) is 6.06. The number of aryl methyl sites for hydroxylation is 1. The van der Waals surface area contributed by atoms with Gasteiger partial charge in [0.2, 0.25) is 0 Å². The molecular formula is C19H16N6O3. The molecule has 0 radical (unpaired) electrons. The summed E-state index contributed by atoms with van der Waals surface area (Å²) < 4.78 is 1.21. The van der Waals surface area contributed by atoms with Crippen molar-refractivity contribution in [3.63, 3.8) is 0 Å². The van der Waals surface area contributed by atoms with Gasteiger partial charge in [0.25, 0.3) is 17.4 Å². The van der Waals surface area contributed by atoms with Crippen LogP contribution in [-0.2, 0) is 6.54 Å². The molecule has 4 aromatic rings. The van der Waals surface area contributed by atoms with Gasteiger partial charge >= 0.3 is 0 Å². The molecule has 9 heteroatoms. The number of carbonyl (C=O) groups excluding carboxylic acids is 2. The van der Waals surface area contributed by atoms with Crippen molar-refractivity contribution in [2.45, 2.75) is 13.5 Å². The predicted molar refractivity (Wildman–Crippen MR) is 103 cm³/mol. The van der Waals surface area contributed by atoms with E-state index < -0.39 is 11.8 Å². The van der Waals surface area contributed by atoms with E-state index in [0.717, 1.165) is 5.52 Å². The van der Waals surface area contributed by atoms with Gasteiger partial charge in [-0.05, 0) is 31.2 Å². The van der Waals surface area contributed by atoms with Gasteiger partial charge in [-0.25, -0.2) is 9.67 Å². The van der Waals surface area contributed by atoms with Crippen molar-refractivity contribution in [2.24, 2.45) is 0 Å². The van der Waals surface area contributed by atoms with Crippen LogP contribution in [0.3, 0.4) is 0 Å². The Hall–Kier alpha value is -4.01. The first kappa shape index (κ1) is 17.4. The molecule has 0 aliphatic rings. The van der Waals surface area contributed by atoms with Crippen LogP contribution in [0, 0.1) is 0 Å². The fraction of sp³-hybridized carbons (Fsp3) is 0.105. The van der Waals surface area contributed by atoms with E-state index in [9.17, 15) is 14.4 Å². The van der Waals surface area contributed by atoms with E-state index in [0.29, 0.717) is 28.4 Å². The molecule has 0 bridgehead atoms. The van der Waals surface area contributed by atoms with E-state index >= 15 is 0 Å². The number of aromatic nitrogens is 4. The van der Waals surface area contributed by atoms with Gasteiger partial charge in [0, 0.05) is 17.5 Å². The average Bonchev–Trinajstić information content (AvgIpc) is 3.20. The van der Waals surface area contributed by atoms with E-state index in [4.69, 9.17) is 0 Å². The first-order valence-electron chi connectivity index (χ1n) is 8.62. The molecule has 0 aliphatic heterocycles. The maximum absolute atomic E-state index is 12.6. The minimum atomic E-state index is -0.616. The molecular weight excluding hydrogens is 360 g/mol. The van der Waals surface area contributed by atoms with Crippen LogP contribution in [0.25, 0.3) is 21.8 Å². The topological polar surface area (TPSA) is 122 Å². The highest BCUT2D eigenvalue weighted by atomic mass is 16.2. The lowest BCUT2D eigenvalue weighted by Gasteiger charge is -2.11. The summed E-state index contributed by atoms with van der Waals surface area (Å²) in [4.78, 5) is 44.4. The number of nitrogens with one attached hydrogen (secondary N) is 3. The number of H-pyrrole nitrogens is 1. The second kappa shape index (κ2) is 6.95. The molecule has 2 aromatic carbocycles. The van der Waals surface area contributed by atoms with Crippen LogP contribution in [0.4, 0.5) is 0 Å². The third kappa shape index (κ3) is 2.98. The van der Waals surface area contributed by atoms with E-state index in [1.165, 1.54) is 11.0 Å². The number of benzene rings is 2. The first-order valence-corrected chi connectivity index (χ1v) is 8.62. The molecule has 2 aromatic heterocycles. The number of rotatable bonds is 3. The number of nitrogens with zero attached hydrogens (tertiary/aromatic N) is 3. The molecule has 0 aliphatic carbocycles. The molecule has 28 heavy (non-hydrogen) atoms. The number of hydrogen-bond acceptors (Lipinski definition) is 5. The zero-order chi connectivity index (χ0) is 19.7. The second-order valence-electron chi connectivity index (χ2n) is 6.06. The molecule has 3 N–H and O–H groups in total. The zero-order valence-corrected chi connectivity index (χ0v) is 14.9. The summed E-state index contributed by atoms with van der Waals surface area (Å²) in [6.45, 7) is 2.08. The predicted octanol–water partition coefficient (Wildman–Crippen LogP) is 1.37. The Labute approximate surface area is 158 Å². The SMILES string of the molecule is CCn1nc(C(=O)NNC(=O)c2ccc3nc[nH]c3c2)c2ccccc2c1=O. The number of aromatic amines is 1. The molecule has 0 spiro atoms. The highest BCUT2D eigenvalue weighted by Crippen LogP contribution is 2.13. The smallest absolute Gasteiger partial charge is 0.290 e. The van der Waals surface area contributed by atoms with E-state index in [1.54, 1.807) is 49.4 Å². The van der Waals surface area contributed by atoms with Crippen LogP contribution < -0.4 is 16.4 Å². The quantitative estimate of drug-likeness (QED) is 0.466. The Kier molecular flexibility index (Phi) is 4.32. The van der Waals surface area contributed by atoms with Crippen LogP contribution in [-0.4, -0.2) is 31.6 Å². The number of hydrogen-bond donors (Lipinski definition) is 3. The zero-order valence-electron chi connectivity index (χ0n) is 14.9. The molecule has 140 valence electrons. The summed E-state index contributed by atoms with van der Waals surface area (Å²) in [6.07, 6.45) is 1.54. The Balaban J connectivity index is 1.59. The molecule has 0 saturated carbocycles. The molecule has 2 amide bonds. The molecule has 0 unspecified atom stereocenters. The van der Waals surface area contributed by atoms with Crippen LogP contribution in [0.2, 0.25) is 0 Å². The summed E-state index contributed by atoms with van der Waals surface area (Å²) in [5, 5.41) is 4.94. The standard InChI is InChI=1S/C19H16N6O3/c1-2-25-19(28)13-6-4-3-5-12(13)16(24-25)18(27)23-22-17(26)11-7-8-14-15(9-11)21-10-20-14/h3-10H,2H2,1H3,(H,20,21)(H,22,26)(H,23,27). The van der Waals surface area contributed by atoms with E-state index in [-0.39, 0.29) is 11.3 Å². The average molecular weight is 376 g/mol. The van der Waals surface area contributed by atoms with E-state index in [1.807, 2.05) is 0 Å². The lowest BCUT2D eigenvalue weighted by Crippen LogP contribution is -2.42. The lowest BCUT2D eigenvalue weighted by molar-refractivity contribution is 0.0843. The maximum atomic E-state index is 12.6. The highest BCUT2D eigenvalue weighted by molar-refractivity contribution is 6.06. The minimum Gasteiger partial charge on any atom is -0.345 e. The molecule has 4 rings (SSSR count). The van der Waals surface area contributed by atoms with Gasteiger partial charge in [-0.2, -0.15) is 5.10 Å². The van der Waals surface area contributed by atoms with Gasteiger partial charge in [0.15, 0.2) is 5.69 Å². The summed E-state index contributed by atoms with van der Waals surface area (Å²) in [5.74, 6) is -1.10. The number of fused-ring (bicyclic) bond motifs is 2. The molecule has 2 heterocycles. The Morgan fingerprint density at radius 2 is 1.82 bits per heavy atom. The number of imidazole rings is 1. The third-order valence-corrected chi connectivity index (χ3v) is 4.35. The van der Waals surface area contributed by atoms with Gasteiger partial charge in [0.05, 0.1) is 22.7 Å². The Bertz CT molecular complexity index is 1270. The van der Waals surface area contributed by atoms with Crippen molar-refractivity contribution >= 4 is 33.6 Å². The van der Waals surface area contributed by atoms with Crippen molar-refractivity contribution in [3.8, 4) is 0 Å². The van der Waals surface area contributed by atoms with Crippen LogP contribution >= 0.6 is 0 Å². The Morgan fingerprint density at radius 3 is 2.61 bits per heavy atom. The number of hydrazine groups is 1. The van der Waals surface area contributed by atoms with Gasteiger partial charge in [-0.15, -0.1) is 0 Å². The summed E-state index contributed by atoms with van der Waals surface area (Å²) in [6, 6.07) is 11.7. The van der Waals surface area contributed by atoms with Gasteiger partial charge < -0.3 is 4.98 Å². The van der Waals surface area contributed by atoms with Crippen molar-refractivity contribution < 1.29 is 9.59 Å². The summed E-state index contributed by atoms with van der Waals surface area (Å²) >= 11 is 0. The van der Waals surface area contributed by atoms with Crippen molar-refractivity contribution in [3.05, 3.63) is 70.4 Å². The summed E-state index contributed by atoms with van der Waals surface area (Å²) in [5.41, 5.74) is 6.31. The van der Waals surface area contributed by atoms with Crippen LogP contribution in [0.5, 0.6) is 0 Å². The van der Waals surface area contributed by atoms with Crippen LogP contribution in [0.15, 0.2) is 53.6 Å². The third-order valence-electron chi connectivity index (χ3n) is 4.35. The Morgan fingerprint density at radius 1 is 1.07 bits per heavy atom. The van der Waals surface area contributed by atoms with Crippen LogP contribution in [0.1, 0.15) is 27.8 Å². The minimum absolute atomic E-state index is 0.0568. The fourth-order valence-electron chi connectivity index (χ4n) is 2.94. The highest BCUT2D eigenvalue weighted by Gasteiger charge is 2.17. The molecule has 9 nitrogen and oxygen atoms in total. The summed E-state index contributed by atoms with van der Waals surface area (Å²) in [7, 11) is 0. The first-order chi connectivity index (χ1) is 13.6. The molecule has 0 atom stereocenters. The molecule has 0 fully saturated rings. The van der Waals surface area contributed by atoms with Crippen molar-refractivity contribution in [1.82, 2.24) is 30.6 Å². The fourth-order valence-corrected chi connectivity index (χ4v) is 2.94. The largest absolute Gasteiger partial charge is 0.345 e. The van der Waals surface area contributed by atoms with Gasteiger partial charge in [0.1, 0.15) is 0 Å². The number of amides is 2. The van der Waals surface area contributed by atoms with E-state index in [2.05, 4.69) is 25.9 Å². The lowest BCUT2D eigenvalue weighted by atomic mass is 10.1. The van der Waals surface area contributed by atoms with Crippen molar-refractivity contribution in [1.29, 1.82) is 0 Å². The maximum Gasteiger partial charge on any atom is 0.290 e.